The zero-order valence-electron chi connectivity index (χ0n) is 15.3. The Kier molecular flexibility index (Phi) is 11.2. The van der Waals surface area contributed by atoms with Crippen LogP contribution in [0.5, 0.6) is 0 Å². The molecule has 3 atom stereocenters. The van der Waals surface area contributed by atoms with Gasteiger partial charge < -0.3 is 10.6 Å². The van der Waals surface area contributed by atoms with Gasteiger partial charge in [0.05, 0.1) is 4.47 Å². The van der Waals surface area contributed by atoms with E-state index in [4.69, 9.17) is 0 Å². The summed E-state index contributed by atoms with van der Waals surface area (Å²) in [5.74, 6) is 1.26. The average molecular weight is 560 g/mol. The molecule has 0 aromatic heterocycles. The zero-order chi connectivity index (χ0) is 18.2. The molecular formula is C18H28BrFIN3OS. The fourth-order valence-electron chi connectivity index (χ4n) is 3.16. The Morgan fingerprint density at radius 3 is 2.85 bits per heavy atom. The van der Waals surface area contributed by atoms with Crippen LogP contribution < -0.4 is 10.6 Å². The molecule has 1 aromatic carbocycles. The minimum atomic E-state index is -0.721. The van der Waals surface area contributed by atoms with Crippen molar-refractivity contribution in [2.45, 2.75) is 50.3 Å². The van der Waals surface area contributed by atoms with Crippen molar-refractivity contribution in [2.75, 3.05) is 19.3 Å². The van der Waals surface area contributed by atoms with Crippen LogP contribution in [0.25, 0.3) is 0 Å². The second kappa shape index (κ2) is 12.3. The molecule has 1 saturated carbocycles. The molecule has 0 amide bonds. The third kappa shape index (κ3) is 7.42. The number of aliphatic imine (C=N–C) groups is 1. The van der Waals surface area contributed by atoms with Crippen LogP contribution in [-0.4, -0.2) is 40.8 Å². The molecule has 1 aliphatic rings. The van der Waals surface area contributed by atoms with Crippen molar-refractivity contribution in [3.63, 3.8) is 0 Å². The van der Waals surface area contributed by atoms with Gasteiger partial charge in [-0.25, -0.2) is 4.39 Å². The number of hydrogen-bond acceptors (Lipinski definition) is 2. The minimum absolute atomic E-state index is 0. The van der Waals surface area contributed by atoms with Crippen molar-refractivity contribution < 1.29 is 8.60 Å². The predicted molar refractivity (Wildman–Crippen MR) is 122 cm³/mol. The van der Waals surface area contributed by atoms with Gasteiger partial charge in [-0.2, -0.15) is 0 Å². The fourth-order valence-corrected chi connectivity index (χ4v) is 4.93. The standard InChI is InChI=1S/C18H27BrFN3OS.HI/c1-3-25(24)15-6-4-5-14(12-15)23-18(21-2)22-10-9-13-7-8-17(20)16(19)11-13;/h7-8,11,14-15H,3-6,9-10,12H2,1-2H3,(H2,21,22,23);1H. The minimum Gasteiger partial charge on any atom is -0.356 e. The van der Waals surface area contributed by atoms with Crippen LogP contribution in [0.2, 0.25) is 0 Å². The third-order valence-electron chi connectivity index (χ3n) is 4.54. The largest absolute Gasteiger partial charge is 0.356 e. The molecule has 2 rings (SSSR count). The first-order valence-electron chi connectivity index (χ1n) is 8.81. The molecule has 1 aliphatic carbocycles. The van der Waals surface area contributed by atoms with Gasteiger partial charge in [-0.05, 0) is 59.3 Å². The number of nitrogens with zero attached hydrogens (tertiary/aromatic N) is 1. The second-order valence-corrected chi connectivity index (χ2v) is 9.16. The maximum Gasteiger partial charge on any atom is 0.191 e. The molecule has 2 N–H and O–H groups in total. The van der Waals surface area contributed by atoms with E-state index in [2.05, 4.69) is 31.6 Å². The highest BCUT2D eigenvalue weighted by Crippen LogP contribution is 2.23. The molecule has 0 saturated heterocycles. The highest BCUT2D eigenvalue weighted by atomic mass is 127. The highest BCUT2D eigenvalue weighted by Gasteiger charge is 2.25. The maximum absolute atomic E-state index is 13.3. The van der Waals surface area contributed by atoms with Crippen molar-refractivity contribution in [1.29, 1.82) is 0 Å². The van der Waals surface area contributed by atoms with Crippen LogP contribution in [0.3, 0.4) is 0 Å². The normalized spacial score (nSPS) is 21.6. The Morgan fingerprint density at radius 2 is 2.19 bits per heavy atom. The van der Waals surface area contributed by atoms with E-state index in [-0.39, 0.29) is 29.8 Å². The average Bonchev–Trinajstić information content (AvgIpc) is 2.63. The second-order valence-electron chi connectivity index (χ2n) is 6.30. The molecule has 8 heteroatoms. The quantitative estimate of drug-likeness (QED) is 0.315. The third-order valence-corrected chi connectivity index (χ3v) is 6.89. The molecule has 0 spiro atoms. The molecule has 0 radical (unpaired) electrons. The summed E-state index contributed by atoms with van der Waals surface area (Å²) in [6.07, 6.45) is 4.97. The predicted octanol–water partition coefficient (Wildman–Crippen LogP) is 3.99. The summed E-state index contributed by atoms with van der Waals surface area (Å²) in [5.41, 5.74) is 1.06. The number of hydrogen-bond donors (Lipinski definition) is 2. The van der Waals surface area contributed by atoms with E-state index in [1.165, 1.54) is 6.07 Å². The number of benzene rings is 1. The molecule has 0 aliphatic heterocycles. The maximum atomic E-state index is 13.3. The lowest BCUT2D eigenvalue weighted by atomic mass is 9.95. The van der Waals surface area contributed by atoms with Gasteiger partial charge >= 0.3 is 0 Å². The van der Waals surface area contributed by atoms with E-state index < -0.39 is 10.8 Å². The SMILES string of the molecule is CCS(=O)C1CCCC(NC(=NC)NCCc2ccc(F)c(Br)c2)C1.I. The van der Waals surface area contributed by atoms with Crippen molar-refractivity contribution >= 4 is 56.7 Å². The van der Waals surface area contributed by atoms with Crippen molar-refractivity contribution in [1.82, 2.24) is 10.6 Å². The summed E-state index contributed by atoms with van der Waals surface area (Å²) in [7, 11) is 1.04. The molecular weight excluding hydrogens is 532 g/mol. The Balaban J connectivity index is 0.00000338. The Labute approximate surface area is 183 Å². The van der Waals surface area contributed by atoms with E-state index >= 15 is 0 Å². The molecule has 148 valence electrons. The smallest absolute Gasteiger partial charge is 0.191 e. The molecule has 0 bridgehead atoms. The van der Waals surface area contributed by atoms with E-state index in [1.807, 2.05) is 6.92 Å². The van der Waals surface area contributed by atoms with Crippen LogP contribution >= 0.6 is 39.9 Å². The van der Waals surface area contributed by atoms with Gasteiger partial charge in [-0.1, -0.05) is 19.4 Å². The van der Waals surface area contributed by atoms with Gasteiger partial charge in [-0.15, -0.1) is 24.0 Å². The number of guanidine groups is 1. The first kappa shape index (κ1) is 23.8. The van der Waals surface area contributed by atoms with Gasteiger partial charge in [-0.3, -0.25) is 9.20 Å². The summed E-state index contributed by atoms with van der Waals surface area (Å²) < 4.78 is 25.8. The lowest BCUT2D eigenvalue weighted by Crippen LogP contribution is -2.47. The molecule has 4 nitrogen and oxygen atoms in total. The van der Waals surface area contributed by atoms with E-state index in [1.54, 1.807) is 19.2 Å². The molecule has 0 heterocycles. The number of nitrogens with one attached hydrogen (secondary N) is 2. The van der Waals surface area contributed by atoms with Gasteiger partial charge in [0.2, 0.25) is 0 Å². The lowest BCUT2D eigenvalue weighted by molar-refractivity contribution is 0.413. The first-order valence-corrected chi connectivity index (χ1v) is 11.0. The Bertz CT molecular complexity index is 632. The van der Waals surface area contributed by atoms with Crippen LogP contribution in [0.4, 0.5) is 4.39 Å². The number of halogens is 3. The summed E-state index contributed by atoms with van der Waals surface area (Å²) >= 11 is 3.21. The summed E-state index contributed by atoms with van der Waals surface area (Å²) in [6, 6.07) is 5.39. The Morgan fingerprint density at radius 1 is 1.42 bits per heavy atom. The van der Waals surface area contributed by atoms with Gasteiger partial charge in [0.1, 0.15) is 5.82 Å². The first-order chi connectivity index (χ1) is 12.0. The highest BCUT2D eigenvalue weighted by molar-refractivity contribution is 14.0. The van der Waals surface area contributed by atoms with E-state index in [0.717, 1.165) is 55.9 Å². The van der Waals surface area contributed by atoms with Gasteiger partial charge in [0.15, 0.2) is 5.96 Å². The summed E-state index contributed by atoms with van der Waals surface area (Å²) in [4.78, 5) is 4.28. The van der Waals surface area contributed by atoms with Crippen molar-refractivity contribution in [3.05, 3.63) is 34.1 Å². The Hall–Kier alpha value is -0.220. The zero-order valence-corrected chi connectivity index (χ0v) is 20.0. The van der Waals surface area contributed by atoms with Crippen LogP contribution in [0, 0.1) is 5.82 Å². The van der Waals surface area contributed by atoms with Crippen LogP contribution in [0.1, 0.15) is 38.2 Å². The van der Waals surface area contributed by atoms with Crippen LogP contribution in [-0.2, 0) is 17.2 Å². The lowest BCUT2D eigenvalue weighted by Gasteiger charge is -2.30. The van der Waals surface area contributed by atoms with Crippen molar-refractivity contribution in [2.24, 2.45) is 4.99 Å². The van der Waals surface area contributed by atoms with Crippen molar-refractivity contribution in [3.8, 4) is 0 Å². The monoisotopic (exact) mass is 559 g/mol. The summed E-state index contributed by atoms with van der Waals surface area (Å²) in [5, 5.41) is 7.06. The molecule has 3 unspecified atom stereocenters. The molecule has 26 heavy (non-hydrogen) atoms. The fraction of sp³-hybridized carbons (Fsp3) is 0.611. The number of rotatable bonds is 6. The van der Waals surface area contributed by atoms with Crippen LogP contribution in [0.15, 0.2) is 27.7 Å². The van der Waals surface area contributed by atoms with Gasteiger partial charge in [0.25, 0.3) is 0 Å². The van der Waals surface area contributed by atoms with E-state index in [9.17, 15) is 8.60 Å². The van der Waals surface area contributed by atoms with Gasteiger partial charge in [0, 0.05) is 41.4 Å². The molecule has 1 aromatic rings. The van der Waals surface area contributed by atoms with E-state index in [0.29, 0.717) is 15.8 Å². The topological polar surface area (TPSA) is 53.5 Å². The molecule has 1 fully saturated rings. The summed E-state index contributed by atoms with van der Waals surface area (Å²) in [6.45, 7) is 2.70.